The maximum atomic E-state index is 13.3. The van der Waals surface area contributed by atoms with Crippen LogP contribution in [0, 0.1) is 24.1 Å². The van der Waals surface area contributed by atoms with Gasteiger partial charge in [-0.3, -0.25) is 0 Å². The van der Waals surface area contributed by atoms with Crippen LogP contribution in [-0.4, -0.2) is 9.97 Å². The van der Waals surface area contributed by atoms with Crippen LogP contribution in [0.4, 0.5) is 4.39 Å². The molecule has 0 spiro atoms. The average molecular weight is 201 g/mol. The van der Waals surface area contributed by atoms with Crippen molar-refractivity contribution in [3.8, 4) is 17.5 Å². The van der Waals surface area contributed by atoms with Gasteiger partial charge in [-0.1, -0.05) is 6.07 Å². The van der Waals surface area contributed by atoms with Gasteiger partial charge >= 0.3 is 0 Å². The van der Waals surface area contributed by atoms with Crippen LogP contribution in [0.15, 0.2) is 24.4 Å². The summed E-state index contributed by atoms with van der Waals surface area (Å²) in [7, 11) is 0. The van der Waals surface area contributed by atoms with Crippen LogP contribution in [-0.2, 0) is 0 Å². The summed E-state index contributed by atoms with van der Waals surface area (Å²) in [5, 5.41) is 8.84. The molecule has 2 rings (SSSR count). The Morgan fingerprint density at radius 1 is 1.47 bits per heavy atom. The number of nitriles is 1. The summed E-state index contributed by atoms with van der Waals surface area (Å²) in [6.07, 6.45) is 1.64. The zero-order valence-electron chi connectivity index (χ0n) is 8.08. The van der Waals surface area contributed by atoms with Gasteiger partial charge in [-0.2, -0.15) is 5.26 Å². The van der Waals surface area contributed by atoms with Gasteiger partial charge < -0.3 is 4.98 Å². The Balaban J connectivity index is 2.63. The normalized spacial score (nSPS) is 9.93. The fourth-order valence-corrected chi connectivity index (χ4v) is 1.38. The SMILES string of the molecule is Cc1cnc(-c2cccc(F)c2C#N)[nH]1. The number of aromatic nitrogens is 2. The maximum absolute atomic E-state index is 13.3. The molecule has 2 aromatic rings. The molecule has 74 valence electrons. The van der Waals surface area contributed by atoms with E-state index in [4.69, 9.17) is 5.26 Å². The molecule has 0 atom stereocenters. The number of H-pyrrole nitrogens is 1. The summed E-state index contributed by atoms with van der Waals surface area (Å²) < 4.78 is 13.3. The quantitative estimate of drug-likeness (QED) is 0.770. The van der Waals surface area contributed by atoms with Crippen LogP contribution in [0.2, 0.25) is 0 Å². The summed E-state index contributed by atoms with van der Waals surface area (Å²) in [5.74, 6) is -0.00685. The molecule has 1 aromatic heterocycles. The first-order chi connectivity index (χ1) is 7.22. The molecule has 1 aromatic carbocycles. The fraction of sp³-hybridized carbons (Fsp3) is 0.0909. The number of nitrogens with one attached hydrogen (secondary N) is 1. The van der Waals surface area contributed by atoms with Gasteiger partial charge in [0.05, 0.1) is 5.56 Å². The van der Waals surface area contributed by atoms with E-state index in [0.29, 0.717) is 11.4 Å². The molecular formula is C11H8FN3. The molecule has 0 bridgehead atoms. The van der Waals surface area contributed by atoms with Crippen molar-refractivity contribution in [2.45, 2.75) is 6.92 Å². The largest absolute Gasteiger partial charge is 0.342 e. The molecule has 0 aliphatic heterocycles. The van der Waals surface area contributed by atoms with E-state index in [2.05, 4.69) is 9.97 Å². The standard InChI is InChI=1S/C11H8FN3/c1-7-6-14-11(15-7)8-3-2-4-10(12)9(8)5-13/h2-4,6H,1H3,(H,14,15). The van der Waals surface area contributed by atoms with Crippen molar-refractivity contribution in [1.29, 1.82) is 5.26 Å². The Hall–Kier alpha value is -2.15. The van der Waals surface area contributed by atoms with Crippen LogP contribution in [0.3, 0.4) is 0 Å². The molecule has 15 heavy (non-hydrogen) atoms. The molecule has 3 nitrogen and oxygen atoms in total. The number of rotatable bonds is 1. The van der Waals surface area contributed by atoms with Crippen molar-refractivity contribution in [3.05, 3.63) is 41.5 Å². The summed E-state index contributed by atoms with van der Waals surface area (Å²) in [6.45, 7) is 1.85. The van der Waals surface area contributed by atoms with Gasteiger partial charge in [-0.05, 0) is 19.1 Å². The zero-order chi connectivity index (χ0) is 10.8. The van der Waals surface area contributed by atoms with Crippen molar-refractivity contribution in [2.24, 2.45) is 0 Å². The van der Waals surface area contributed by atoms with Crippen molar-refractivity contribution in [2.75, 3.05) is 0 Å². The Morgan fingerprint density at radius 2 is 2.27 bits per heavy atom. The molecule has 0 unspecified atom stereocenters. The second-order valence-corrected chi connectivity index (χ2v) is 3.19. The first-order valence-electron chi connectivity index (χ1n) is 4.43. The number of benzene rings is 1. The molecule has 0 aliphatic rings. The van der Waals surface area contributed by atoms with Crippen LogP contribution in [0.25, 0.3) is 11.4 Å². The lowest BCUT2D eigenvalue weighted by Gasteiger charge is -2.00. The third-order valence-electron chi connectivity index (χ3n) is 2.08. The van der Waals surface area contributed by atoms with Gasteiger partial charge in [0.25, 0.3) is 0 Å². The number of hydrogen-bond donors (Lipinski definition) is 1. The molecule has 4 heteroatoms. The number of imidazole rings is 1. The number of hydrogen-bond acceptors (Lipinski definition) is 2. The van der Waals surface area contributed by atoms with Crippen LogP contribution < -0.4 is 0 Å². The van der Waals surface area contributed by atoms with Crippen molar-refractivity contribution in [1.82, 2.24) is 9.97 Å². The number of halogens is 1. The highest BCUT2D eigenvalue weighted by molar-refractivity contribution is 5.64. The molecule has 1 N–H and O–H groups in total. The van der Waals surface area contributed by atoms with Crippen LogP contribution >= 0.6 is 0 Å². The first kappa shape index (κ1) is 9.41. The molecule has 0 saturated heterocycles. The molecular weight excluding hydrogens is 193 g/mol. The summed E-state index contributed by atoms with van der Waals surface area (Å²) in [4.78, 5) is 7.03. The van der Waals surface area contributed by atoms with Gasteiger partial charge in [-0.25, -0.2) is 9.37 Å². The molecule has 0 radical (unpaired) electrons. The lowest BCUT2D eigenvalue weighted by Crippen LogP contribution is -1.90. The molecule has 0 aliphatic carbocycles. The van der Waals surface area contributed by atoms with E-state index < -0.39 is 5.82 Å². The third-order valence-corrected chi connectivity index (χ3v) is 2.08. The predicted octanol–water partition coefficient (Wildman–Crippen LogP) is 2.40. The predicted molar refractivity (Wildman–Crippen MR) is 53.4 cm³/mol. The number of aromatic amines is 1. The highest BCUT2D eigenvalue weighted by Crippen LogP contribution is 2.22. The Morgan fingerprint density at radius 3 is 2.87 bits per heavy atom. The van der Waals surface area contributed by atoms with Gasteiger partial charge in [-0.15, -0.1) is 0 Å². The topological polar surface area (TPSA) is 52.5 Å². The van der Waals surface area contributed by atoms with Crippen molar-refractivity contribution in [3.63, 3.8) is 0 Å². The van der Waals surface area contributed by atoms with Crippen LogP contribution in [0.1, 0.15) is 11.3 Å². The maximum Gasteiger partial charge on any atom is 0.141 e. The van der Waals surface area contributed by atoms with Gasteiger partial charge in [0.15, 0.2) is 0 Å². The van der Waals surface area contributed by atoms with E-state index in [1.165, 1.54) is 6.07 Å². The van der Waals surface area contributed by atoms with Gasteiger partial charge in [0.2, 0.25) is 0 Å². The minimum Gasteiger partial charge on any atom is -0.342 e. The zero-order valence-corrected chi connectivity index (χ0v) is 8.08. The number of nitrogens with zero attached hydrogens (tertiary/aromatic N) is 2. The monoisotopic (exact) mass is 201 g/mol. The Labute approximate surface area is 86.2 Å². The highest BCUT2D eigenvalue weighted by Gasteiger charge is 2.11. The molecule has 0 saturated carbocycles. The average Bonchev–Trinajstić information content (AvgIpc) is 2.64. The lowest BCUT2D eigenvalue weighted by molar-refractivity contribution is 0.624. The summed E-state index contributed by atoms with van der Waals surface area (Å²) in [5.41, 5.74) is 1.38. The van der Waals surface area contributed by atoms with E-state index in [-0.39, 0.29) is 5.56 Å². The van der Waals surface area contributed by atoms with Crippen LogP contribution in [0.5, 0.6) is 0 Å². The number of aryl methyl sites for hydroxylation is 1. The van der Waals surface area contributed by atoms with Gasteiger partial charge in [0, 0.05) is 17.5 Å². The fourth-order valence-electron chi connectivity index (χ4n) is 1.38. The first-order valence-corrected chi connectivity index (χ1v) is 4.43. The van der Waals surface area contributed by atoms with E-state index in [1.807, 2.05) is 13.0 Å². The third kappa shape index (κ3) is 1.59. The van der Waals surface area contributed by atoms with Crippen molar-refractivity contribution < 1.29 is 4.39 Å². The Kier molecular flexibility index (Phi) is 2.22. The van der Waals surface area contributed by atoms with E-state index in [0.717, 1.165) is 5.69 Å². The second kappa shape index (κ2) is 3.54. The lowest BCUT2D eigenvalue weighted by atomic mass is 10.1. The second-order valence-electron chi connectivity index (χ2n) is 3.19. The van der Waals surface area contributed by atoms with E-state index in [1.54, 1.807) is 18.3 Å². The molecule has 1 heterocycles. The minimum absolute atomic E-state index is 0.0202. The van der Waals surface area contributed by atoms with Gasteiger partial charge in [0.1, 0.15) is 17.7 Å². The minimum atomic E-state index is -0.524. The van der Waals surface area contributed by atoms with Crippen molar-refractivity contribution >= 4 is 0 Å². The smallest absolute Gasteiger partial charge is 0.141 e. The molecule has 0 amide bonds. The highest BCUT2D eigenvalue weighted by atomic mass is 19.1. The Bertz CT molecular complexity index is 537. The molecule has 0 fully saturated rings. The van der Waals surface area contributed by atoms with E-state index in [9.17, 15) is 4.39 Å². The summed E-state index contributed by atoms with van der Waals surface area (Å²) >= 11 is 0. The van der Waals surface area contributed by atoms with E-state index >= 15 is 0 Å². The summed E-state index contributed by atoms with van der Waals surface area (Å²) in [6, 6.07) is 6.32.